The molecule has 118 valence electrons. The number of ether oxygens (including phenoxy) is 1. The number of hydrogen-bond donors (Lipinski definition) is 1. The fourth-order valence-corrected chi connectivity index (χ4v) is 2.89. The molecule has 0 bridgehead atoms. The van der Waals surface area contributed by atoms with E-state index in [9.17, 15) is 0 Å². The summed E-state index contributed by atoms with van der Waals surface area (Å²) in [7, 11) is 0. The molecule has 0 aromatic carbocycles. The minimum absolute atomic E-state index is 0.370. The molecule has 0 spiro atoms. The van der Waals surface area contributed by atoms with Crippen molar-refractivity contribution in [2.75, 3.05) is 18.1 Å². The number of rotatable bonds is 7. The van der Waals surface area contributed by atoms with Crippen molar-refractivity contribution >= 4 is 5.82 Å². The first-order valence-corrected chi connectivity index (χ1v) is 8.21. The summed E-state index contributed by atoms with van der Waals surface area (Å²) in [5, 5.41) is 0. The van der Waals surface area contributed by atoms with Gasteiger partial charge in [0.1, 0.15) is 0 Å². The molecule has 5 nitrogen and oxygen atoms in total. The highest BCUT2D eigenvalue weighted by Crippen LogP contribution is 2.26. The largest absolute Gasteiger partial charge is 0.477 e. The van der Waals surface area contributed by atoms with E-state index in [0.717, 1.165) is 50.9 Å². The Morgan fingerprint density at radius 2 is 1.95 bits per heavy atom. The molecule has 5 heteroatoms. The zero-order valence-electron chi connectivity index (χ0n) is 13.3. The van der Waals surface area contributed by atoms with Gasteiger partial charge in [-0.2, -0.15) is 4.98 Å². The SMILES string of the molecule is CCCOc1cncc(N(CCC)C2CCC(N)CC2)n1. The van der Waals surface area contributed by atoms with Crippen LogP contribution in [-0.2, 0) is 0 Å². The summed E-state index contributed by atoms with van der Waals surface area (Å²) < 4.78 is 5.61. The molecule has 0 aliphatic heterocycles. The second kappa shape index (κ2) is 8.17. The molecule has 21 heavy (non-hydrogen) atoms. The van der Waals surface area contributed by atoms with Crippen LogP contribution in [0.4, 0.5) is 5.82 Å². The smallest absolute Gasteiger partial charge is 0.234 e. The Bertz CT molecular complexity index is 418. The number of nitrogens with two attached hydrogens (primary N) is 1. The summed E-state index contributed by atoms with van der Waals surface area (Å²) in [6.07, 6.45) is 10.1. The third-order valence-electron chi connectivity index (χ3n) is 3.99. The highest BCUT2D eigenvalue weighted by atomic mass is 16.5. The van der Waals surface area contributed by atoms with Crippen LogP contribution in [0.15, 0.2) is 12.4 Å². The van der Waals surface area contributed by atoms with E-state index in [0.29, 0.717) is 24.6 Å². The average molecular weight is 292 g/mol. The lowest BCUT2D eigenvalue weighted by Gasteiger charge is -2.36. The number of aromatic nitrogens is 2. The highest BCUT2D eigenvalue weighted by molar-refractivity contribution is 5.39. The van der Waals surface area contributed by atoms with Gasteiger partial charge in [0, 0.05) is 18.6 Å². The molecule has 1 heterocycles. The Hall–Kier alpha value is -1.36. The molecule has 0 radical (unpaired) electrons. The van der Waals surface area contributed by atoms with Crippen LogP contribution in [0.1, 0.15) is 52.4 Å². The van der Waals surface area contributed by atoms with E-state index in [2.05, 4.69) is 28.7 Å². The maximum atomic E-state index is 6.02. The van der Waals surface area contributed by atoms with Gasteiger partial charge in [0.15, 0.2) is 5.82 Å². The molecule has 1 saturated carbocycles. The van der Waals surface area contributed by atoms with Gasteiger partial charge in [-0.25, -0.2) is 0 Å². The van der Waals surface area contributed by atoms with Crippen molar-refractivity contribution in [2.45, 2.75) is 64.5 Å². The molecule has 2 N–H and O–H groups in total. The van der Waals surface area contributed by atoms with E-state index in [-0.39, 0.29) is 0 Å². The highest BCUT2D eigenvalue weighted by Gasteiger charge is 2.25. The van der Waals surface area contributed by atoms with Crippen LogP contribution in [0.3, 0.4) is 0 Å². The van der Waals surface area contributed by atoms with Gasteiger partial charge in [-0.05, 0) is 38.5 Å². The van der Waals surface area contributed by atoms with E-state index in [1.165, 1.54) is 0 Å². The molecule has 0 amide bonds. The van der Waals surface area contributed by atoms with Crippen molar-refractivity contribution in [3.63, 3.8) is 0 Å². The standard InChI is InChI=1S/C16H28N4O/c1-3-9-20(14-7-5-13(17)6-8-14)15-11-18-12-16(19-15)21-10-4-2/h11-14H,3-10,17H2,1-2H3. The van der Waals surface area contributed by atoms with Gasteiger partial charge >= 0.3 is 0 Å². The van der Waals surface area contributed by atoms with Crippen molar-refractivity contribution in [3.8, 4) is 5.88 Å². The molecule has 1 aliphatic carbocycles. The third-order valence-corrected chi connectivity index (χ3v) is 3.99. The van der Waals surface area contributed by atoms with Crippen molar-refractivity contribution in [1.82, 2.24) is 9.97 Å². The molecule has 0 atom stereocenters. The van der Waals surface area contributed by atoms with Crippen molar-refractivity contribution in [3.05, 3.63) is 12.4 Å². The first kappa shape index (κ1) is 16.0. The first-order valence-electron chi connectivity index (χ1n) is 8.21. The van der Waals surface area contributed by atoms with Crippen LogP contribution in [0, 0.1) is 0 Å². The van der Waals surface area contributed by atoms with Crippen LogP contribution in [0.5, 0.6) is 5.88 Å². The summed E-state index contributed by atoms with van der Waals surface area (Å²) in [6, 6.07) is 0.899. The second-order valence-electron chi connectivity index (χ2n) is 5.83. The summed E-state index contributed by atoms with van der Waals surface area (Å²) in [6.45, 7) is 5.98. The minimum Gasteiger partial charge on any atom is -0.477 e. The lowest BCUT2D eigenvalue weighted by Crippen LogP contribution is -2.41. The number of hydrogen-bond acceptors (Lipinski definition) is 5. The molecule has 0 unspecified atom stereocenters. The number of nitrogens with zero attached hydrogens (tertiary/aromatic N) is 3. The molecule has 0 saturated heterocycles. The van der Waals surface area contributed by atoms with E-state index in [4.69, 9.17) is 10.5 Å². The van der Waals surface area contributed by atoms with Gasteiger partial charge in [-0.15, -0.1) is 0 Å². The van der Waals surface area contributed by atoms with E-state index in [1.54, 1.807) is 6.20 Å². The molecular weight excluding hydrogens is 264 g/mol. The van der Waals surface area contributed by atoms with Crippen LogP contribution >= 0.6 is 0 Å². The molecule has 1 aromatic heterocycles. The monoisotopic (exact) mass is 292 g/mol. The van der Waals surface area contributed by atoms with Crippen LogP contribution in [0.25, 0.3) is 0 Å². The topological polar surface area (TPSA) is 64.3 Å². The lowest BCUT2D eigenvalue weighted by molar-refractivity contribution is 0.303. The average Bonchev–Trinajstić information content (AvgIpc) is 2.52. The predicted molar refractivity (Wildman–Crippen MR) is 85.7 cm³/mol. The van der Waals surface area contributed by atoms with E-state index in [1.807, 2.05) is 6.20 Å². The van der Waals surface area contributed by atoms with Crippen molar-refractivity contribution < 1.29 is 4.74 Å². The molecule has 1 fully saturated rings. The van der Waals surface area contributed by atoms with Crippen LogP contribution in [-0.4, -0.2) is 35.2 Å². The third kappa shape index (κ3) is 4.56. The van der Waals surface area contributed by atoms with Gasteiger partial charge in [-0.3, -0.25) is 4.98 Å². The Balaban J connectivity index is 2.09. The fraction of sp³-hybridized carbons (Fsp3) is 0.750. The molecular formula is C16H28N4O. The van der Waals surface area contributed by atoms with Gasteiger partial charge in [-0.1, -0.05) is 13.8 Å². The number of anilines is 1. The Morgan fingerprint density at radius 3 is 2.62 bits per heavy atom. The summed E-state index contributed by atoms with van der Waals surface area (Å²) in [4.78, 5) is 11.3. The molecule has 2 rings (SSSR count). The second-order valence-corrected chi connectivity index (χ2v) is 5.83. The summed E-state index contributed by atoms with van der Waals surface area (Å²) in [5.74, 6) is 1.56. The quantitative estimate of drug-likeness (QED) is 0.837. The maximum absolute atomic E-state index is 6.02. The van der Waals surface area contributed by atoms with Crippen molar-refractivity contribution in [1.29, 1.82) is 0 Å². The summed E-state index contributed by atoms with van der Waals surface area (Å²) >= 11 is 0. The Kier molecular flexibility index (Phi) is 6.23. The summed E-state index contributed by atoms with van der Waals surface area (Å²) in [5.41, 5.74) is 6.02. The lowest BCUT2D eigenvalue weighted by atomic mass is 9.90. The Labute approximate surface area is 127 Å². The Morgan fingerprint density at radius 1 is 1.19 bits per heavy atom. The van der Waals surface area contributed by atoms with Gasteiger partial charge < -0.3 is 15.4 Å². The fourth-order valence-electron chi connectivity index (χ4n) is 2.89. The van der Waals surface area contributed by atoms with Gasteiger partial charge in [0.05, 0.1) is 19.0 Å². The normalized spacial score (nSPS) is 22.0. The first-order chi connectivity index (χ1) is 10.2. The zero-order valence-corrected chi connectivity index (χ0v) is 13.3. The maximum Gasteiger partial charge on any atom is 0.234 e. The molecule has 1 aliphatic rings. The minimum atomic E-state index is 0.370. The van der Waals surface area contributed by atoms with Crippen LogP contribution < -0.4 is 15.4 Å². The zero-order chi connectivity index (χ0) is 15.1. The van der Waals surface area contributed by atoms with Crippen LogP contribution in [0.2, 0.25) is 0 Å². The van der Waals surface area contributed by atoms with Gasteiger partial charge in [0.25, 0.3) is 0 Å². The predicted octanol–water partition coefficient (Wildman–Crippen LogP) is 2.75. The van der Waals surface area contributed by atoms with Crippen molar-refractivity contribution in [2.24, 2.45) is 5.73 Å². The van der Waals surface area contributed by atoms with E-state index < -0.39 is 0 Å². The van der Waals surface area contributed by atoms with E-state index >= 15 is 0 Å². The molecule has 1 aromatic rings. The van der Waals surface area contributed by atoms with Gasteiger partial charge in [0.2, 0.25) is 5.88 Å².